The SMILES string of the molecule is CC(C)(C)OC(=O)N1CCCC1c1ncc(-c2ccc3c(c2)OCC2(C)CC=NN32)[nH]1. The third-order valence-corrected chi connectivity index (χ3v) is 6.07. The van der Waals surface area contributed by atoms with Crippen LogP contribution >= 0.6 is 0 Å². The summed E-state index contributed by atoms with van der Waals surface area (Å²) >= 11 is 0. The number of anilines is 1. The number of carbonyl (C=O) groups is 1. The number of H-pyrrole nitrogens is 1. The number of nitrogens with zero attached hydrogens (tertiary/aromatic N) is 4. The number of benzene rings is 1. The number of likely N-dealkylation sites (tertiary alicyclic amines) is 1. The van der Waals surface area contributed by atoms with Crippen molar-refractivity contribution in [3.8, 4) is 17.0 Å². The fraction of sp³-hybridized carbons (Fsp3) is 0.522. The van der Waals surface area contributed by atoms with E-state index in [1.807, 2.05) is 45.3 Å². The molecule has 1 amide bonds. The summed E-state index contributed by atoms with van der Waals surface area (Å²) in [7, 11) is 0. The highest BCUT2D eigenvalue weighted by Gasteiger charge is 2.41. The predicted molar refractivity (Wildman–Crippen MR) is 118 cm³/mol. The molecule has 1 aromatic carbocycles. The van der Waals surface area contributed by atoms with Gasteiger partial charge >= 0.3 is 6.09 Å². The van der Waals surface area contributed by atoms with Crippen molar-refractivity contribution in [2.75, 3.05) is 18.2 Å². The smallest absolute Gasteiger partial charge is 0.410 e. The molecule has 1 N–H and O–H groups in total. The minimum atomic E-state index is -0.517. The summed E-state index contributed by atoms with van der Waals surface area (Å²) in [4.78, 5) is 22.4. The van der Waals surface area contributed by atoms with Crippen molar-refractivity contribution in [2.24, 2.45) is 5.10 Å². The molecule has 3 aliphatic rings. The number of amides is 1. The van der Waals surface area contributed by atoms with E-state index in [1.54, 1.807) is 4.90 Å². The number of hydrazone groups is 1. The van der Waals surface area contributed by atoms with Gasteiger partial charge in [-0.1, -0.05) is 6.07 Å². The van der Waals surface area contributed by atoms with E-state index in [9.17, 15) is 4.79 Å². The topological polar surface area (TPSA) is 83.0 Å². The van der Waals surface area contributed by atoms with Crippen LogP contribution in [0.2, 0.25) is 0 Å². The molecule has 1 fully saturated rings. The fourth-order valence-corrected chi connectivity index (χ4v) is 4.47. The van der Waals surface area contributed by atoms with E-state index in [-0.39, 0.29) is 17.7 Å². The molecule has 31 heavy (non-hydrogen) atoms. The van der Waals surface area contributed by atoms with Gasteiger partial charge in [0.2, 0.25) is 0 Å². The molecule has 4 heterocycles. The lowest BCUT2D eigenvalue weighted by atomic mass is 9.97. The van der Waals surface area contributed by atoms with Gasteiger partial charge in [-0.3, -0.25) is 9.91 Å². The van der Waals surface area contributed by atoms with Crippen LogP contribution in [-0.4, -0.2) is 51.5 Å². The van der Waals surface area contributed by atoms with E-state index in [2.05, 4.69) is 33.1 Å². The standard InChI is InChI=1S/C23H29N5O3/c1-22(2,3)31-21(29)27-11-5-6-18(27)20-24-13-16(26-20)15-7-8-17-19(12-15)30-14-23(4)9-10-25-28(17)23/h7-8,10,12-13,18H,5-6,9,11,14H2,1-4H3,(H,24,26). The predicted octanol–water partition coefficient (Wildman–Crippen LogP) is 4.50. The molecule has 164 valence electrons. The normalized spacial score (nSPS) is 24.7. The van der Waals surface area contributed by atoms with Gasteiger partial charge in [-0.2, -0.15) is 5.10 Å². The molecule has 0 spiro atoms. The maximum atomic E-state index is 12.6. The summed E-state index contributed by atoms with van der Waals surface area (Å²) in [5.41, 5.74) is 2.25. The number of fused-ring (bicyclic) bond motifs is 3. The number of rotatable bonds is 2. The van der Waals surface area contributed by atoms with E-state index in [0.29, 0.717) is 13.2 Å². The zero-order chi connectivity index (χ0) is 21.8. The third kappa shape index (κ3) is 3.54. The van der Waals surface area contributed by atoms with Crippen molar-refractivity contribution in [1.29, 1.82) is 0 Å². The quantitative estimate of drug-likeness (QED) is 0.769. The maximum Gasteiger partial charge on any atom is 0.410 e. The van der Waals surface area contributed by atoms with Gasteiger partial charge in [0.1, 0.15) is 29.5 Å². The highest BCUT2D eigenvalue weighted by molar-refractivity contribution is 5.76. The minimum absolute atomic E-state index is 0.0999. The van der Waals surface area contributed by atoms with E-state index in [4.69, 9.17) is 9.47 Å². The van der Waals surface area contributed by atoms with Crippen LogP contribution in [0.15, 0.2) is 29.5 Å². The summed E-state index contributed by atoms with van der Waals surface area (Å²) < 4.78 is 11.7. The Kier molecular flexibility index (Phi) is 4.50. The Hall–Kier alpha value is -3.03. The highest BCUT2D eigenvalue weighted by atomic mass is 16.6. The summed E-state index contributed by atoms with van der Waals surface area (Å²) in [6, 6.07) is 6.03. The lowest BCUT2D eigenvalue weighted by Crippen LogP contribution is -2.47. The lowest BCUT2D eigenvalue weighted by Gasteiger charge is -2.39. The number of aromatic amines is 1. The van der Waals surface area contributed by atoms with Crippen molar-refractivity contribution in [1.82, 2.24) is 14.9 Å². The maximum absolute atomic E-state index is 12.6. The molecule has 0 bridgehead atoms. The van der Waals surface area contributed by atoms with E-state index in [1.165, 1.54) is 0 Å². The zero-order valence-corrected chi connectivity index (χ0v) is 18.5. The monoisotopic (exact) mass is 423 g/mol. The van der Waals surface area contributed by atoms with Gasteiger partial charge in [0.05, 0.1) is 23.5 Å². The lowest BCUT2D eigenvalue weighted by molar-refractivity contribution is 0.0218. The van der Waals surface area contributed by atoms with Crippen molar-refractivity contribution >= 4 is 18.0 Å². The molecule has 2 unspecified atom stereocenters. The molecule has 0 aliphatic carbocycles. The molecule has 3 aliphatic heterocycles. The number of carbonyl (C=O) groups excluding carboxylic acids is 1. The van der Waals surface area contributed by atoms with Crippen LogP contribution in [0.4, 0.5) is 10.5 Å². The van der Waals surface area contributed by atoms with Gasteiger partial charge in [0.25, 0.3) is 0 Å². The first-order chi connectivity index (χ1) is 14.7. The Morgan fingerprint density at radius 2 is 2.19 bits per heavy atom. The number of nitrogens with one attached hydrogen (secondary N) is 1. The molecule has 8 nitrogen and oxygen atoms in total. The van der Waals surface area contributed by atoms with Crippen LogP contribution in [-0.2, 0) is 4.74 Å². The average Bonchev–Trinajstić information content (AvgIpc) is 3.44. The van der Waals surface area contributed by atoms with Crippen molar-refractivity contribution in [2.45, 2.75) is 64.1 Å². The van der Waals surface area contributed by atoms with Crippen LogP contribution in [0, 0.1) is 0 Å². The fourth-order valence-electron chi connectivity index (χ4n) is 4.47. The largest absolute Gasteiger partial charge is 0.489 e. The molecule has 0 saturated carbocycles. The van der Waals surface area contributed by atoms with Crippen LogP contribution in [0.5, 0.6) is 5.75 Å². The summed E-state index contributed by atoms with van der Waals surface area (Å²) in [5.74, 6) is 1.61. The number of hydrogen-bond acceptors (Lipinski definition) is 6. The summed E-state index contributed by atoms with van der Waals surface area (Å²) in [6.45, 7) is 9.09. The van der Waals surface area contributed by atoms with Crippen LogP contribution in [0.1, 0.15) is 58.8 Å². The van der Waals surface area contributed by atoms with Gasteiger partial charge in [0.15, 0.2) is 0 Å². The van der Waals surface area contributed by atoms with Crippen LogP contribution in [0.3, 0.4) is 0 Å². The number of hydrogen-bond donors (Lipinski definition) is 1. The van der Waals surface area contributed by atoms with Gasteiger partial charge in [-0.25, -0.2) is 9.78 Å². The highest BCUT2D eigenvalue weighted by Crippen LogP contribution is 2.43. The first-order valence-corrected chi connectivity index (χ1v) is 10.9. The van der Waals surface area contributed by atoms with Crippen LogP contribution < -0.4 is 9.75 Å². The van der Waals surface area contributed by atoms with E-state index in [0.717, 1.165) is 47.8 Å². The number of imidazole rings is 1. The summed E-state index contributed by atoms with van der Waals surface area (Å²) in [5, 5.41) is 6.60. The van der Waals surface area contributed by atoms with Crippen molar-refractivity contribution < 1.29 is 14.3 Å². The Balaban J connectivity index is 1.38. The Morgan fingerprint density at radius 3 is 3.00 bits per heavy atom. The number of aromatic nitrogens is 2. The van der Waals surface area contributed by atoms with Crippen molar-refractivity contribution in [3.63, 3.8) is 0 Å². The third-order valence-electron chi connectivity index (χ3n) is 6.07. The van der Waals surface area contributed by atoms with Gasteiger partial charge in [0, 0.05) is 24.7 Å². The Bertz CT molecular complexity index is 1040. The van der Waals surface area contributed by atoms with Gasteiger partial charge in [-0.15, -0.1) is 0 Å². The molecular weight excluding hydrogens is 394 g/mol. The molecule has 2 aromatic rings. The van der Waals surface area contributed by atoms with Gasteiger partial charge < -0.3 is 14.5 Å². The second-order valence-electron chi connectivity index (χ2n) is 9.80. The zero-order valence-electron chi connectivity index (χ0n) is 18.5. The molecule has 1 aromatic heterocycles. The molecule has 2 atom stereocenters. The summed E-state index contributed by atoms with van der Waals surface area (Å²) in [6.07, 6.45) is 6.17. The molecular formula is C23H29N5O3. The Labute approximate surface area is 182 Å². The van der Waals surface area contributed by atoms with E-state index < -0.39 is 5.60 Å². The second kappa shape index (κ2) is 7.00. The molecule has 8 heteroatoms. The Morgan fingerprint density at radius 1 is 1.35 bits per heavy atom. The van der Waals surface area contributed by atoms with Crippen molar-refractivity contribution in [3.05, 3.63) is 30.2 Å². The first-order valence-electron chi connectivity index (χ1n) is 10.9. The van der Waals surface area contributed by atoms with Gasteiger partial charge in [-0.05, 0) is 52.7 Å². The molecule has 0 radical (unpaired) electrons. The van der Waals surface area contributed by atoms with E-state index >= 15 is 0 Å². The first kappa shape index (κ1) is 19.9. The average molecular weight is 424 g/mol. The van der Waals surface area contributed by atoms with Crippen LogP contribution in [0.25, 0.3) is 11.3 Å². The number of ether oxygens (including phenoxy) is 2. The molecule has 5 rings (SSSR count). The molecule has 1 saturated heterocycles. The second-order valence-corrected chi connectivity index (χ2v) is 9.80. The minimum Gasteiger partial charge on any atom is -0.489 e.